The van der Waals surface area contributed by atoms with Gasteiger partial charge in [-0.15, -0.1) is 0 Å². The van der Waals surface area contributed by atoms with Crippen molar-refractivity contribution in [3.05, 3.63) is 21.3 Å². The molecule has 5 aliphatic rings. The Hall–Kier alpha value is -0.900. The molecule has 5 aliphatic carbocycles. The van der Waals surface area contributed by atoms with Crippen molar-refractivity contribution in [1.29, 1.82) is 0 Å². The quantitative estimate of drug-likeness (QED) is 0.242. The van der Waals surface area contributed by atoms with Crippen LogP contribution in [0.5, 0.6) is 0 Å². The highest BCUT2D eigenvalue weighted by Gasteiger charge is 2.69. The van der Waals surface area contributed by atoms with E-state index in [1.807, 2.05) is 0 Å². The van der Waals surface area contributed by atoms with E-state index < -0.39 is 6.10 Å². The van der Waals surface area contributed by atoms with E-state index in [1.165, 1.54) is 49.7 Å². The van der Waals surface area contributed by atoms with Gasteiger partial charge >= 0.3 is 0 Å². The molecule has 4 nitrogen and oxygen atoms in total. The Morgan fingerprint density at radius 2 is 1.61 bits per heavy atom. The van der Waals surface area contributed by atoms with Crippen molar-refractivity contribution < 1.29 is 10.0 Å². The summed E-state index contributed by atoms with van der Waals surface area (Å²) in [6.07, 6.45) is 11.0. The molecular formula is C32H53NO3. The molecule has 0 bridgehead atoms. The van der Waals surface area contributed by atoms with E-state index in [1.54, 1.807) is 0 Å². The Morgan fingerprint density at radius 3 is 2.25 bits per heavy atom. The summed E-state index contributed by atoms with van der Waals surface area (Å²) < 4.78 is 0. The van der Waals surface area contributed by atoms with E-state index in [4.69, 9.17) is 0 Å². The summed E-state index contributed by atoms with van der Waals surface area (Å²) in [5.74, 6) is 3.25. The predicted molar refractivity (Wildman–Crippen MR) is 146 cm³/mol. The number of nitro groups is 1. The lowest BCUT2D eigenvalue weighted by molar-refractivity contribution is -0.494. The molecule has 0 aromatic rings. The van der Waals surface area contributed by atoms with Gasteiger partial charge in [-0.3, -0.25) is 10.1 Å². The Morgan fingerprint density at radius 1 is 0.917 bits per heavy atom. The van der Waals surface area contributed by atoms with E-state index in [0.717, 1.165) is 43.4 Å². The van der Waals surface area contributed by atoms with E-state index in [0.29, 0.717) is 22.7 Å². The molecule has 0 heterocycles. The van der Waals surface area contributed by atoms with Gasteiger partial charge in [-0.1, -0.05) is 66.5 Å². The van der Waals surface area contributed by atoms with Crippen molar-refractivity contribution >= 4 is 0 Å². The van der Waals surface area contributed by atoms with Crippen LogP contribution in [0.4, 0.5) is 0 Å². The van der Waals surface area contributed by atoms with Crippen LogP contribution in [-0.4, -0.2) is 22.7 Å². The lowest BCUT2D eigenvalue weighted by Crippen LogP contribution is -2.65. The molecule has 0 aromatic heterocycles. The van der Waals surface area contributed by atoms with Crippen LogP contribution in [0.2, 0.25) is 0 Å². The van der Waals surface area contributed by atoms with Crippen LogP contribution < -0.4 is 0 Å². The van der Waals surface area contributed by atoms with E-state index >= 15 is 0 Å². The molecule has 5 rings (SSSR count). The van der Waals surface area contributed by atoms with Gasteiger partial charge in [0, 0.05) is 10.3 Å². The van der Waals surface area contributed by atoms with Crippen molar-refractivity contribution in [2.24, 2.45) is 56.7 Å². The Balaban J connectivity index is 1.57. The van der Waals surface area contributed by atoms with Crippen LogP contribution in [0.25, 0.3) is 0 Å². The summed E-state index contributed by atoms with van der Waals surface area (Å²) in [6, 6.07) is 0. The van der Waals surface area contributed by atoms with E-state index in [2.05, 4.69) is 55.4 Å². The first kappa shape index (κ1) is 26.7. The average Bonchev–Trinajstić information content (AvgIpc) is 3.18. The summed E-state index contributed by atoms with van der Waals surface area (Å²) in [4.78, 5) is 11.2. The van der Waals surface area contributed by atoms with E-state index in [9.17, 15) is 15.2 Å². The maximum atomic E-state index is 11.5. The van der Waals surface area contributed by atoms with Gasteiger partial charge < -0.3 is 5.11 Å². The molecule has 1 N–H and O–H groups in total. The Bertz CT molecular complexity index is 953. The van der Waals surface area contributed by atoms with Gasteiger partial charge in [-0.25, -0.2) is 0 Å². The zero-order valence-electron chi connectivity index (χ0n) is 24.5. The van der Waals surface area contributed by atoms with Gasteiger partial charge in [0.05, 0.1) is 0 Å². The summed E-state index contributed by atoms with van der Waals surface area (Å²) in [6.45, 7) is 19.8. The summed E-state index contributed by atoms with van der Waals surface area (Å²) in [7, 11) is 0. The van der Waals surface area contributed by atoms with Crippen molar-refractivity contribution in [2.75, 3.05) is 6.54 Å². The number of rotatable bonds is 4. The number of fused-ring (bicyclic) bond motifs is 7. The molecule has 0 aromatic carbocycles. The van der Waals surface area contributed by atoms with Gasteiger partial charge in [-0.2, -0.15) is 0 Å². The zero-order valence-corrected chi connectivity index (χ0v) is 24.5. The molecule has 4 fully saturated rings. The van der Waals surface area contributed by atoms with E-state index in [-0.39, 0.29) is 27.7 Å². The highest BCUT2D eigenvalue weighted by Crippen LogP contribution is 2.77. The summed E-state index contributed by atoms with van der Waals surface area (Å²) >= 11 is 0. The monoisotopic (exact) mass is 499 g/mol. The second-order valence-electron chi connectivity index (χ2n) is 15.7. The van der Waals surface area contributed by atoms with Crippen molar-refractivity contribution in [3.63, 3.8) is 0 Å². The second-order valence-corrected chi connectivity index (χ2v) is 15.7. The number of allylic oxidation sites excluding steroid dienone is 1. The van der Waals surface area contributed by atoms with Crippen LogP contribution >= 0.6 is 0 Å². The Labute approximate surface area is 220 Å². The topological polar surface area (TPSA) is 63.4 Å². The minimum atomic E-state index is -0.859. The molecule has 0 aliphatic heterocycles. The highest BCUT2D eigenvalue weighted by atomic mass is 16.6. The predicted octanol–water partition coefficient (Wildman–Crippen LogP) is 8.06. The minimum absolute atomic E-state index is 0.203. The molecule has 0 radical (unpaired) electrons. The summed E-state index contributed by atoms with van der Waals surface area (Å²) in [5.41, 5.74) is 3.95. The number of hydrogen-bond acceptors (Lipinski definition) is 3. The third-order valence-electron chi connectivity index (χ3n) is 14.2. The molecule has 9 atom stereocenters. The fourth-order valence-corrected chi connectivity index (χ4v) is 11.7. The highest BCUT2D eigenvalue weighted by molar-refractivity contribution is 5.38. The van der Waals surface area contributed by atoms with Gasteiger partial charge in [-0.05, 0) is 115 Å². The molecule has 4 saturated carbocycles. The number of aliphatic hydroxyl groups excluding tert-OH is 1. The molecular weight excluding hydrogens is 446 g/mol. The van der Waals surface area contributed by atoms with Crippen molar-refractivity contribution in [2.45, 2.75) is 126 Å². The summed E-state index contributed by atoms with van der Waals surface area (Å²) in [5, 5.41) is 22.9. The lowest BCUT2D eigenvalue weighted by Gasteiger charge is -2.72. The third kappa shape index (κ3) is 3.27. The lowest BCUT2D eigenvalue weighted by atomic mass is 9.32. The maximum Gasteiger partial charge on any atom is 0.230 e. The maximum absolute atomic E-state index is 11.5. The largest absolute Gasteiger partial charge is 0.385 e. The van der Waals surface area contributed by atoms with Gasteiger partial charge in [0.15, 0.2) is 0 Å². The molecule has 204 valence electrons. The molecule has 0 amide bonds. The van der Waals surface area contributed by atoms with Crippen LogP contribution in [-0.2, 0) is 0 Å². The van der Waals surface area contributed by atoms with Crippen LogP contribution in [0.3, 0.4) is 0 Å². The smallest absolute Gasteiger partial charge is 0.230 e. The second kappa shape index (κ2) is 8.30. The SMILES string of the molecule is CC(C)C1=C2[C@H]3CC[C@@H]4[C@@]5(C)CC[C@H](C)C(C)(C)[C@@H]5CC[C@@]4(C)[C@]3(C)CC[C@@]2(C(O)C[N+](=O)[O-])CC1. The van der Waals surface area contributed by atoms with Crippen LogP contribution in [0, 0.1) is 66.8 Å². The first-order valence-corrected chi connectivity index (χ1v) is 15.2. The molecule has 36 heavy (non-hydrogen) atoms. The fourth-order valence-electron chi connectivity index (χ4n) is 11.7. The number of nitrogens with zero attached hydrogens (tertiary/aromatic N) is 1. The van der Waals surface area contributed by atoms with Gasteiger partial charge in [0.25, 0.3) is 0 Å². The van der Waals surface area contributed by atoms with Crippen molar-refractivity contribution in [3.8, 4) is 0 Å². The first-order valence-electron chi connectivity index (χ1n) is 15.2. The normalized spacial score (nSPS) is 48.6. The van der Waals surface area contributed by atoms with Crippen molar-refractivity contribution in [1.82, 2.24) is 0 Å². The number of hydrogen-bond donors (Lipinski definition) is 1. The zero-order chi connectivity index (χ0) is 26.5. The fraction of sp³-hybridized carbons (Fsp3) is 0.938. The molecule has 4 heteroatoms. The Kier molecular flexibility index (Phi) is 6.15. The number of aliphatic hydroxyl groups is 1. The average molecular weight is 500 g/mol. The molecule has 0 saturated heterocycles. The van der Waals surface area contributed by atoms with Gasteiger partial charge in [0.1, 0.15) is 6.10 Å². The standard InChI is InChI=1S/C32H53NO3/c1-20(2)22-12-16-32(26(34)19-33(35)36)18-17-30(7)23(27(22)32)9-10-25-29(6)14-11-21(3)28(4,5)24(29)13-15-31(25,30)8/h20-21,23-26,34H,9-19H2,1-8H3/t21-,23+,24-,25+,26?,29-,30+,31+,32+/m0/s1. The third-order valence-corrected chi connectivity index (χ3v) is 14.2. The van der Waals surface area contributed by atoms with Gasteiger partial charge in [0.2, 0.25) is 6.54 Å². The minimum Gasteiger partial charge on any atom is -0.385 e. The first-order chi connectivity index (χ1) is 16.6. The van der Waals surface area contributed by atoms with Crippen LogP contribution in [0.1, 0.15) is 120 Å². The molecule has 1 unspecified atom stereocenters. The van der Waals surface area contributed by atoms with Crippen LogP contribution in [0.15, 0.2) is 11.1 Å². The molecule has 0 spiro atoms.